The van der Waals surface area contributed by atoms with Gasteiger partial charge >= 0.3 is 0 Å². The highest BCUT2D eigenvalue weighted by molar-refractivity contribution is 5.77. The first-order valence-corrected chi connectivity index (χ1v) is 10.5. The van der Waals surface area contributed by atoms with Crippen molar-refractivity contribution in [2.45, 2.75) is 20.4 Å². The molecule has 3 aromatic rings. The minimum absolute atomic E-state index is 0.113. The Kier molecular flexibility index (Phi) is 8.25. The van der Waals surface area contributed by atoms with E-state index in [-0.39, 0.29) is 24.6 Å². The van der Waals surface area contributed by atoms with E-state index in [2.05, 4.69) is 10.3 Å². The molecule has 168 valence electrons. The molecule has 0 unspecified atom stereocenters. The van der Waals surface area contributed by atoms with E-state index in [4.69, 9.17) is 14.2 Å². The standard InChI is InChI=1S/C24H27N3O5/c1-3-30-19-7-5-18(6-8-19)22-15-24(29)27(17-26-22)14-13-25-23(28)16-32-21-11-9-20(10-12-21)31-4-2/h5-12,15,17H,3-4,13-14,16H2,1-2H3,(H,25,28). The minimum Gasteiger partial charge on any atom is -0.494 e. The molecule has 8 heteroatoms. The highest BCUT2D eigenvalue weighted by Crippen LogP contribution is 2.19. The fourth-order valence-corrected chi connectivity index (χ4v) is 2.95. The van der Waals surface area contributed by atoms with E-state index in [1.807, 2.05) is 38.1 Å². The molecule has 0 fully saturated rings. The van der Waals surface area contributed by atoms with Gasteiger partial charge in [0.05, 0.1) is 25.2 Å². The van der Waals surface area contributed by atoms with Crippen LogP contribution in [0.25, 0.3) is 11.3 Å². The molecular formula is C24H27N3O5. The summed E-state index contributed by atoms with van der Waals surface area (Å²) in [5.41, 5.74) is 1.23. The summed E-state index contributed by atoms with van der Waals surface area (Å²) in [6, 6.07) is 16.0. The quantitative estimate of drug-likeness (QED) is 0.496. The van der Waals surface area contributed by atoms with Crippen LogP contribution in [-0.4, -0.2) is 41.8 Å². The van der Waals surface area contributed by atoms with E-state index in [0.717, 1.165) is 17.1 Å². The van der Waals surface area contributed by atoms with Crippen molar-refractivity contribution in [2.75, 3.05) is 26.4 Å². The zero-order valence-electron chi connectivity index (χ0n) is 18.2. The first-order valence-electron chi connectivity index (χ1n) is 10.5. The van der Waals surface area contributed by atoms with E-state index < -0.39 is 0 Å². The summed E-state index contributed by atoms with van der Waals surface area (Å²) in [6.07, 6.45) is 1.48. The van der Waals surface area contributed by atoms with Gasteiger partial charge in [0, 0.05) is 24.7 Å². The predicted molar refractivity (Wildman–Crippen MR) is 121 cm³/mol. The fraction of sp³-hybridized carbons (Fsp3) is 0.292. The number of ether oxygens (including phenoxy) is 3. The summed E-state index contributed by atoms with van der Waals surface area (Å²) in [5, 5.41) is 2.73. The molecule has 1 aromatic heterocycles. The maximum Gasteiger partial charge on any atom is 0.258 e. The number of hydrogen-bond donors (Lipinski definition) is 1. The summed E-state index contributed by atoms with van der Waals surface area (Å²) in [7, 11) is 0. The summed E-state index contributed by atoms with van der Waals surface area (Å²) < 4.78 is 17.7. The van der Waals surface area contributed by atoms with Gasteiger partial charge in [0.15, 0.2) is 6.61 Å². The van der Waals surface area contributed by atoms with E-state index in [9.17, 15) is 9.59 Å². The SMILES string of the molecule is CCOc1ccc(OCC(=O)NCCn2cnc(-c3ccc(OCC)cc3)cc2=O)cc1. The smallest absolute Gasteiger partial charge is 0.258 e. The van der Waals surface area contributed by atoms with Crippen molar-refractivity contribution in [2.24, 2.45) is 0 Å². The highest BCUT2D eigenvalue weighted by atomic mass is 16.5. The monoisotopic (exact) mass is 437 g/mol. The first kappa shape index (κ1) is 22.9. The second kappa shape index (κ2) is 11.5. The largest absolute Gasteiger partial charge is 0.494 e. The van der Waals surface area contributed by atoms with Crippen molar-refractivity contribution in [1.29, 1.82) is 0 Å². The molecule has 0 aliphatic rings. The summed E-state index contributed by atoms with van der Waals surface area (Å²) in [5.74, 6) is 1.82. The van der Waals surface area contributed by atoms with Gasteiger partial charge in [0.25, 0.3) is 11.5 Å². The van der Waals surface area contributed by atoms with Crippen molar-refractivity contribution < 1.29 is 19.0 Å². The molecule has 0 atom stereocenters. The second-order valence-electron chi connectivity index (χ2n) is 6.81. The lowest BCUT2D eigenvalue weighted by molar-refractivity contribution is -0.123. The molecule has 0 spiro atoms. The topological polar surface area (TPSA) is 91.7 Å². The van der Waals surface area contributed by atoms with Crippen molar-refractivity contribution in [3.05, 3.63) is 71.3 Å². The number of hydrogen-bond acceptors (Lipinski definition) is 6. The van der Waals surface area contributed by atoms with Gasteiger partial charge in [0.1, 0.15) is 17.2 Å². The fourth-order valence-electron chi connectivity index (χ4n) is 2.95. The van der Waals surface area contributed by atoms with Gasteiger partial charge in [-0.3, -0.25) is 14.2 Å². The van der Waals surface area contributed by atoms with Gasteiger partial charge in [-0.1, -0.05) is 0 Å². The lowest BCUT2D eigenvalue weighted by atomic mass is 10.1. The summed E-state index contributed by atoms with van der Waals surface area (Å²) >= 11 is 0. The zero-order valence-corrected chi connectivity index (χ0v) is 18.2. The zero-order chi connectivity index (χ0) is 22.8. The van der Waals surface area contributed by atoms with Crippen LogP contribution in [0.1, 0.15) is 13.8 Å². The Morgan fingerprint density at radius 3 is 2.03 bits per heavy atom. The molecule has 0 radical (unpaired) electrons. The summed E-state index contributed by atoms with van der Waals surface area (Å²) in [4.78, 5) is 28.7. The Morgan fingerprint density at radius 1 is 0.906 bits per heavy atom. The Bertz CT molecular complexity index is 1060. The van der Waals surface area contributed by atoms with Crippen LogP contribution in [0.5, 0.6) is 17.2 Å². The van der Waals surface area contributed by atoms with Crippen LogP contribution >= 0.6 is 0 Å². The highest BCUT2D eigenvalue weighted by Gasteiger charge is 2.06. The molecular weight excluding hydrogens is 410 g/mol. The Balaban J connectivity index is 1.46. The van der Waals surface area contributed by atoms with Gasteiger partial charge in [-0.15, -0.1) is 0 Å². The Morgan fingerprint density at radius 2 is 1.47 bits per heavy atom. The van der Waals surface area contributed by atoms with E-state index in [1.54, 1.807) is 24.3 Å². The molecule has 8 nitrogen and oxygen atoms in total. The number of carbonyl (C=O) groups excluding carboxylic acids is 1. The molecule has 0 aliphatic heterocycles. The average molecular weight is 437 g/mol. The normalized spacial score (nSPS) is 10.4. The van der Waals surface area contributed by atoms with Crippen molar-refractivity contribution in [3.63, 3.8) is 0 Å². The lowest BCUT2D eigenvalue weighted by Crippen LogP contribution is -2.33. The molecule has 2 aromatic carbocycles. The van der Waals surface area contributed by atoms with Crippen LogP contribution in [0, 0.1) is 0 Å². The number of rotatable bonds is 11. The van der Waals surface area contributed by atoms with Gasteiger partial charge in [-0.2, -0.15) is 0 Å². The van der Waals surface area contributed by atoms with Crippen molar-refractivity contribution in [3.8, 4) is 28.5 Å². The molecule has 0 bridgehead atoms. The first-order chi connectivity index (χ1) is 15.6. The minimum atomic E-state index is -0.272. The van der Waals surface area contributed by atoms with Crippen LogP contribution in [-0.2, 0) is 11.3 Å². The number of amides is 1. The predicted octanol–water partition coefficient (Wildman–Crippen LogP) is 2.90. The number of aromatic nitrogens is 2. The molecule has 1 N–H and O–H groups in total. The lowest BCUT2D eigenvalue weighted by Gasteiger charge is -2.10. The van der Waals surface area contributed by atoms with Crippen LogP contribution in [0.15, 0.2) is 65.7 Å². The van der Waals surface area contributed by atoms with Gasteiger partial charge < -0.3 is 19.5 Å². The number of benzene rings is 2. The molecule has 0 aliphatic carbocycles. The van der Waals surface area contributed by atoms with Crippen LogP contribution in [0.4, 0.5) is 0 Å². The third-order valence-electron chi connectivity index (χ3n) is 4.52. The molecule has 1 heterocycles. The van der Waals surface area contributed by atoms with E-state index in [0.29, 0.717) is 31.2 Å². The molecule has 1 amide bonds. The van der Waals surface area contributed by atoms with Gasteiger partial charge in [0.2, 0.25) is 0 Å². The summed E-state index contributed by atoms with van der Waals surface area (Å²) in [6.45, 7) is 5.50. The Labute approximate surface area is 186 Å². The molecule has 0 saturated carbocycles. The second-order valence-corrected chi connectivity index (χ2v) is 6.81. The van der Waals surface area contributed by atoms with Crippen molar-refractivity contribution >= 4 is 5.91 Å². The van der Waals surface area contributed by atoms with Crippen molar-refractivity contribution in [1.82, 2.24) is 14.9 Å². The molecule has 32 heavy (non-hydrogen) atoms. The van der Waals surface area contributed by atoms with Crippen LogP contribution in [0.3, 0.4) is 0 Å². The molecule has 3 rings (SSSR count). The maximum absolute atomic E-state index is 12.4. The maximum atomic E-state index is 12.4. The average Bonchev–Trinajstić information content (AvgIpc) is 2.80. The number of nitrogens with zero attached hydrogens (tertiary/aromatic N) is 2. The van der Waals surface area contributed by atoms with E-state index >= 15 is 0 Å². The van der Waals surface area contributed by atoms with E-state index in [1.165, 1.54) is 17.0 Å². The number of nitrogens with one attached hydrogen (secondary N) is 1. The number of carbonyl (C=O) groups is 1. The third kappa shape index (κ3) is 6.60. The van der Waals surface area contributed by atoms with Gasteiger partial charge in [-0.25, -0.2) is 4.98 Å². The third-order valence-corrected chi connectivity index (χ3v) is 4.52. The van der Waals surface area contributed by atoms with Crippen LogP contribution in [0.2, 0.25) is 0 Å². The Hall–Kier alpha value is -3.81. The molecule has 0 saturated heterocycles. The van der Waals surface area contributed by atoms with Crippen LogP contribution < -0.4 is 25.1 Å². The van der Waals surface area contributed by atoms with Gasteiger partial charge in [-0.05, 0) is 62.4 Å².